The Morgan fingerprint density at radius 3 is 1.38 bits per heavy atom. The number of aliphatic carboxylic acids is 3. The third kappa shape index (κ3) is 20.0. The van der Waals surface area contributed by atoms with Crippen LogP contribution in [0.4, 0.5) is 0 Å². The second kappa shape index (κ2) is 29.8. The highest BCUT2D eigenvalue weighted by Crippen LogP contribution is 2.21. The summed E-state index contributed by atoms with van der Waals surface area (Å²) in [6.45, 7) is 3.15. The molecule has 0 bridgehead atoms. The van der Waals surface area contributed by atoms with E-state index in [2.05, 4.69) is 41.9 Å². The van der Waals surface area contributed by atoms with Crippen molar-refractivity contribution in [2.24, 2.45) is 44.6 Å². The quantitative estimate of drug-likeness (QED) is 0.0180. The van der Waals surface area contributed by atoms with Crippen molar-refractivity contribution >= 4 is 77.1 Å². The number of likely N-dealkylation sites (tertiary alicyclic amines) is 2. The number of hydrogen-bond acceptors (Lipinski definition) is 16. The number of rotatable bonds is 30. The molecule has 2 rings (SSSR count). The number of nitrogens with one attached hydrogen (secondary N) is 6. The summed E-state index contributed by atoms with van der Waals surface area (Å²) in [5, 5.41) is 63.0. The zero-order chi connectivity index (χ0) is 55.3. The fourth-order valence-corrected chi connectivity index (χ4v) is 7.82. The lowest BCUT2D eigenvalue weighted by molar-refractivity contribution is -0.148. The normalized spacial score (nSPS) is 18.5. The van der Waals surface area contributed by atoms with E-state index in [1.807, 2.05) is 0 Å². The molecule has 0 aliphatic carbocycles. The standard InChI is InChI=1S/C42H71N15O16/c1-19(2)31(40(72)73)55-37(69)27-11-6-14-56(27)38(70)24(17-29(62)63)53-33(65)22(9-5-13-49-42(46)47)50-34(66)23(16-28(60)61)52-32(64)21(8-4-12-48-41(44)45)51-35(67)25(18-58)54-36(68)26-10-7-15-57(26)39(71)30(43)20(3)59/h19-27,30-31,58-59H,4-18,43H2,1-3H3,(H,50,66)(H,51,67)(H,52,64)(H,53,65)(H,54,68)(H,55,69)(H,60,61)(H,62,63)(H,72,73)(H4,44,45,48)(H4,46,47,49)/t20-,21+,22+,23+,24+,25+,26+,27+,30+,31+/m1/s1. The number of nitrogens with zero attached hydrogens (tertiary/aromatic N) is 4. The number of nitrogens with two attached hydrogens (primary N) is 5. The summed E-state index contributed by atoms with van der Waals surface area (Å²) in [5.41, 5.74) is 27.4. The number of aliphatic hydroxyl groups excluding tert-OH is 2. The molecule has 0 aromatic rings. The molecular weight excluding hydrogens is 971 g/mol. The molecule has 21 N–H and O–H groups in total. The molecule has 0 unspecified atom stereocenters. The first kappa shape index (κ1) is 61.7. The Kier molecular flexibility index (Phi) is 25.2. The fourth-order valence-electron chi connectivity index (χ4n) is 7.82. The number of carboxylic acid groups (broad SMARTS) is 3. The predicted octanol–water partition coefficient (Wildman–Crippen LogP) is -7.63. The van der Waals surface area contributed by atoms with Crippen LogP contribution in [0, 0.1) is 5.92 Å². The van der Waals surface area contributed by atoms with E-state index in [0.717, 1.165) is 9.80 Å². The number of aliphatic hydroxyl groups is 2. The van der Waals surface area contributed by atoms with E-state index in [1.165, 1.54) is 6.92 Å². The molecule has 2 saturated heterocycles. The van der Waals surface area contributed by atoms with Crippen LogP contribution in [0.5, 0.6) is 0 Å². The molecule has 410 valence electrons. The van der Waals surface area contributed by atoms with Crippen molar-refractivity contribution in [3.63, 3.8) is 0 Å². The number of carboxylic acids is 3. The minimum absolute atomic E-state index is 0.0250. The van der Waals surface area contributed by atoms with Crippen LogP contribution in [0.2, 0.25) is 0 Å². The van der Waals surface area contributed by atoms with Crippen LogP contribution in [0.25, 0.3) is 0 Å². The van der Waals surface area contributed by atoms with E-state index >= 15 is 0 Å². The smallest absolute Gasteiger partial charge is 0.326 e. The van der Waals surface area contributed by atoms with Crippen molar-refractivity contribution in [2.45, 2.75) is 145 Å². The number of amides is 8. The van der Waals surface area contributed by atoms with Gasteiger partial charge < -0.3 is 95.9 Å². The van der Waals surface area contributed by atoms with Crippen LogP contribution in [-0.2, 0) is 52.7 Å². The Bertz CT molecular complexity index is 2070. The number of carbonyl (C=O) groups is 11. The summed E-state index contributed by atoms with van der Waals surface area (Å²) in [4.78, 5) is 155. The van der Waals surface area contributed by atoms with Crippen LogP contribution >= 0.6 is 0 Å². The highest BCUT2D eigenvalue weighted by Gasteiger charge is 2.42. The van der Waals surface area contributed by atoms with Gasteiger partial charge in [0.15, 0.2) is 11.9 Å². The topological polar surface area (TPSA) is 522 Å². The van der Waals surface area contributed by atoms with E-state index in [0.29, 0.717) is 6.42 Å². The Morgan fingerprint density at radius 1 is 0.575 bits per heavy atom. The molecule has 0 radical (unpaired) electrons. The summed E-state index contributed by atoms with van der Waals surface area (Å²) < 4.78 is 0. The monoisotopic (exact) mass is 1040 g/mol. The number of guanidine groups is 2. The van der Waals surface area contributed by atoms with Crippen molar-refractivity contribution in [3.05, 3.63) is 0 Å². The van der Waals surface area contributed by atoms with Crippen molar-refractivity contribution in [1.29, 1.82) is 0 Å². The highest BCUT2D eigenvalue weighted by molar-refractivity contribution is 5.99. The summed E-state index contributed by atoms with van der Waals surface area (Å²) >= 11 is 0. The third-order valence-corrected chi connectivity index (χ3v) is 11.7. The van der Waals surface area contributed by atoms with Gasteiger partial charge in [0.1, 0.15) is 54.4 Å². The first-order valence-electron chi connectivity index (χ1n) is 23.4. The molecule has 31 nitrogen and oxygen atoms in total. The second-order valence-corrected chi connectivity index (χ2v) is 17.8. The molecule has 0 spiro atoms. The van der Waals surface area contributed by atoms with Crippen LogP contribution in [0.3, 0.4) is 0 Å². The maximum atomic E-state index is 14.0. The molecule has 0 saturated carbocycles. The maximum absolute atomic E-state index is 14.0. The minimum atomic E-state index is -2.01. The SMILES string of the molecule is CC(C)[C@H](NC(=O)[C@@H]1CCCN1C(=O)[C@H](CC(=O)O)NC(=O)[C@H](CCCN=C(N)N)NC(=O)[C@H](CC(=O)O)NC(=O)[C@H](CCCN=C(N)N)NC(=O)[C@H](CO)NC(=O)[C@@H]1CCCN1C(=O)[C@@H](N)[C@@H](C)O)C(=O)O. The van der Waals surface area contributed by atoms with Gasteiger partial charge in [-0.25, -0.2) is 4.79 Å². The molecule has 0 aromatic heterocycles. The van der Waals surface area contributed by atoms with Crippen LogP contribution in [-0.4, -0.2) is 206 Å². The predicted molar refractivity (Wildman–Crippen MR) is 255 cm³/mol. The van der Waals surface area contributed by atoms with Crippen LogP contribution in [0.15, 0.2) is 9.98 Å². The van der Waals surface area contributed by atoms with Gasteiger partial charge in [-0.3, -0.25) is 57.9 Å². The minimum Gasteiger partial charge on any atom is -0.481 e. The van der Waals surface area contributed by atoms with E-state index in [4.69, 9.17) is 28.7 Å². The maximum Gasteiger partial charge on any atom is 0.326 e. The van der Waals surface area contributed by atoms with Gasteiger partial charge in [0.05, 0.1) is 25.6 Å². The number of aliphatic imine (C=N–C) groups is 2. The zero-order valence-electron chi connectivity index (χ0n) is 40.9. The average Bonchev–Trinajstić information content (AvgIpc) is 4.01. The van der Waals surface area contributed by atoms with Gasteiger partial charge in [-0.1, -0.05) is 13.8 Å². The van der Waals surface area contributed by atoms with Crippen molar-refractivity contribution in [3.8, 4) is 0 Å². The number of hydrogen-bond donors (Lipinski definition) is 16. The molecule has 73 heavy (non-hydrogen) atoms. The molecule has 2 fully saturated rings. The lowest BCUT2D eigenvalue weighted by Crippen LogP contribution is -2.61. The van der Waals surface area contributed by atoms with Gasteiger partial charge in [0.2, 0.25) is 47.3 Å². The Balaban J connectivity index is 2.42. The Hall–Kier alpha value is -7.41. The molecular formula is C42H71N15O16. The Labute approximate surface area is 419 Å². The fraction of sp³-hybridized carbons (Fsp3) is 0.690. The van der Waals surface area contributed by atoms with Crippen molar-refractivity contribution in [2.75, 3.05) is 32.8 Å². The summed E-state index contributed by atoms with van der Waals surface area (Å²) in [7, 11) is 0. The van der Waals surface area contributed by atoms with Crippen molar-refractivity contribution in [1.82, 2.24) is 41.7 Å². The molecule has 2 heterocycles. The summed E-state index contributed by atoms with van der Waals surface area (Å²) in [6, 6.07) is -14.0. The van der Waals surface area contributed by atoms with Gasteiger partial charge in [-0.2, -0.15) is 0 Å². The highest BCUT2D eigenvalue weighted by atomic mass is 16.4. The summed E-state index contributed by atoms with van der Waals surface area (Å²) in [6.07, 6.45) is -3.30. The first-order valence-corrected chi connectivity index (χ1v) is 23.4. The molecule has 31 heteroatoms. The van der Waals surface area contributed by atoms with Gasteiger partial charge in [-0.05, 0) is 64.2 Å². The first-order chi connectivity index (χ1) is 34.2. The second-order valence-electron chi connectivity index (χ2n) is 17.8. The van der Waals surface area contributed by atoms with E-state index in [-0.39, 0.29) is 83.0 Å². The zero-order valence-corrected chi connectivity index (χ0v) is 40.9. The largest absolute Gasteiger partial charge is 0.481 e. The molecule has 10 atom stereocenters. The number of carbonyl (C=O) groups excluding carboxylic acids is 8. The average molecular weight is 1040 g/mol. The third-order valence-electron chi connectivity index (χ3n) is 11.7. The lowest BCUT2D eigenvalue weighted by atomic mass is 10.0. The molecule has 2 aliphatic heterocycles. The summed E-state index contributed by atoms with van der Waals surface area (Å²) in [5.74, 6) is -14.0. The van der Waals surface area contributed by atoms with Crippen molar-refractivity contribution < 1.29 is 78.3 Å². The van der Waals surface area contributed by atoms with Crippen LogP contribution < -0.4 is 60.6 Å². The van der Waals surface area contributed by atoms with Gasteiger partial charge in [0, 0.05) is 26.2 Å². The van der Waals surface area contributed by atoms with E-state index in [1.54, 1.807) is 13.8 Å². The van der Waals surface area contributed by atoms with E-state index < -0.39 is 151 Å². The Morgan fingerprint density at radius 2 is 0.973 bits per heavy atom. The van der Waals surface area contributed by atoms with Gasteiger partial charge in [0.25, 0.3) is 0 Å². The van der Waals surface area contributed by atoms with Gasteiger partial charge in [-0.15, -0.1) is 0 Å². The van der Waals surface area contributed by atoms with E-state index in [9.17, 15) is 78.3 Å². The van der Waals surface area contributed by atoms with Crippen LogP contribution in [0.1, 0.15) is 85.0 Å². The lowest BCUT2D eigenvalue weighted by Gasteiger charge is -2.30. The molecule has 8 amide bonds. The molecule has 0 aromatic carbocycles. The van der Waals surface area contributed by atoms with Gasteiger partial charge >= 0.3 is 17.9 Å². The molecule has 2 aliphatic rings.